The summed E-state index contributed by atoms with van der Waals surface area (Å²) >= 11 is 0. The number of hydrogen-bond acceptors (Lipinski definition) is 2. The van der Waals surface area contributed by atoms with Gasteiger partial charge in [0.05, 0.1) is 0 Å². The van der Waals surface area contributed by atoms with Crippen LogP contribution in [0.2, 0.25) is 0 Å². The van der Waals surface area contributed by atoms with E-state index < -0.39 is 5.97 Å². The smallest absolute Gasteiger partial charge is 0.320 e. The molecule has 0 heterocycles. The second kappa shape index (κ2) is 6.16. The van der Waals surface area contributed by atoms with Gasteiger partial charge < -0.3 is 10.4 Å². The minimum Gasteiger partial charge on any atom is -0.480 e. The quantitative estimate of drug-likeness (QED) is 0.573. The summed E-state index contributed by atoms with van der Waals surface area (Å²) in [5.74, 6) is -0.747. The molecule has 0 aromatic heterocycles. The lowest BCUT2D eigenvalue weighted by atomic mass is 10.1. The molecule has 3 nitrogen and oxygen atoms in total. The fourth-order valence-electron chi connectivity index (χ4n) is 0.990. The van der Waals surface area contributed by atoms with Crippen molar-refractivity contribution < 1.29 is 9.90 Å². The predicted octanol–water partition coefficient (Wildman–Crippen LogP) is 1.24. The number of aliphatic carboxylic acids is 1. The normalized spacial score (nSPS) is 12.9. The van der Waals surface area contributed by atoms with Crippen LogP contribution in [0.1, 0.15) is 32.6 Å². The molecule has 0 radical (unpaired) electrons. The third-order valence-electron chi connectivity index (χ3n) is 1.74. The van der Waals surface area contributed by atoms with E-state index in [4.69, 9.17) is 5.11 Å². The van der Waals surface area contributed by atoms with E-state index in [9.17, 15) is 4.79 Å². The average Bonchev–Trinajstić information content (AvgIpc) is 1.97. The molecule has 0 amide bonds. The molecule has 2 N–H and O–H groups in total. The van der Waals surface area contributed by atoms with Gasteiger partial charge in [0.25, 0.3) is 0 Å². The van der Waals surface area contributed by atoms with Gasteiger partial charge in [-0.05, 0) is 13.5 Å². The highest BCUT2D eigenvalue weighted by atomic mass is 16.4. The zero-order valence-corrected chi connectivity index (χ0v) is 7.26. The molecule has 1 atom stereocenters. The summed E-state index contributed by atoms with van der Waals surface area (Å²) in [6, 6.07) is -0.360. The Morgan fingerprint density at radius 1 is 1.55 bits per heavy atom. The average molecular weight is 159 g/mol. The van der Waals surface area contributed by atoms with E-state index in [1.54, 1.807) is 7.05 Å². The van der Waals surface area contributed by atoms with E-state index in [0.717, 1.165) is 25.7 Å². The van der Waals surface area contributed by atoms with Crippen molar-refractivity contribution in [2.24, 2.45) is 0 Å². The van der Waals surface area contributed by atoms with E-state index in [2.05, 4.69) is 12.2 Å². The van der Waals surface area contributed by atoms with E-state index in [-0.39, 0.29) is 6.04 Å². The van der Waals surface area contributed by atoms with Gasteiger partial charge >= 0.3 is 5.97 Å². The van der Waals surface area contributed by atoms with Crippen LogP contribution in [0.15, 0.2) is 0 Å². The highest BCUT2D eigenvalue weighted by molar-refractivity contribution is 5.73. The molecule has 0 rings (SSSR count). The van der Waals surface area contributed by atoms with Gasteiger partial charge in [-0.3, -0.25) is 4.79 Å². The Morgan fingerprint density at radius 3 is 2.55 bits per heavy atom. The van der Waals surface area contributed by atoms with Gasteiger partial charge in [0, 0.05) is 0 Å². The molecule has 0 aromatic carbocycles. The van der Waals surface area contributed by atoms with Crippen molar-refractivity contribution in [3.8, 4) is 0 Å². The summed E-state index contributed by atoms with van der Waals surface area (Å²) in [6.07, 6.45) is 3.98. The van der Waals surface area contributed by atoms with Gasteiger partial charge in [0.15, 0.2) is 0 Å². The Bertz CT molecular complexity index is 115. The number of nitrogens with one attached hydrogen (secondary N) is 1. The molecular weight excluding hydrogens is 142 g/mol. The van der Waals surface area contributed by atoms with Gasteiger partial charge in [-0.25, -0.2) is 0 Å². The van der Waals surface area contributed by atoms with Crippen LogP contribution in [-0.4, -0.2) is 24.2 Å². The third-order valence-corrected chi connectivity index (χ3v) is 1.74. The maximum absolute atomic E-state index is 10.5. The molecule has 0 saturated heterocycles. The zero-order chi connectivity index (χ0) is 8.69. The van der Waals surface area contributed by atoms with Crippen LogP contribution in [0.3, 0.4) is 0 Å². The highest BCUT2D eigenvalue weighted by Crippen LogP contribution is 2.02. The Labute approximate surface area is 67.8 Å². The highest BCUT2D eigenvalue weighted by Gasteiger charge is 2.12. The molecule has 0 aliphatic rings. The molecule has 0 spiro atoms. The van der Waals surface area contributed by atoms with Crippen LogP contribution < -0.4 is 5.32 Å². The van der Waals surface area contributed by atoms with Crippen molar-refractivity contribution in [3.63, 3.8) is 0 Å². The molecule has 66 valence electrons. The topological polar surface area (TPSA) is 49.3 Å². The van der Waals surface area contributed by atoms with Crippen molar-refractivity contribution in [1.82, 2.24) is 5.32 Å². The van der Waals surface area contributed by atoms with Gasteiger partial charge in [0.1, 0.15) is 6.04 Å². The summed E-state index contributed by atoms with van der Waals surface area (Å²) in [7, 11) is 1.69. The summed E-state index contributed by atoms with van der Waals surface area (Å²) in [5, 5.41) is 11.4. The molecule has 0 aromatic rings. The van der Waals surface area contributed by atoms with Gasteiger partial charge in [0.2, 0.25) is 0 Å². The number of likely N-dealkylation sites (N-methyl/N-ethyl adjacent to an activating group) is 1. The molecule has 0 aliphatic heterocycles. The van der Waals surface area contributed by atoms with Crippen molar-refractivity contribution in [2.75, 3.05) is 7.05 Å². The molecule has 0 aliphatic carbocycles. The molecular formula is C8H17NO2. The van der Waals surface area contributed by atoms with Crippen molar-refractivity contribution >= 4 is 5.97 Å². The maximum Gasteiger partial charge on any atom is 0.320 e. The molecule has 0 saturated carbocycles. The van der Waals surface area contributed by atoms with Crippen LogP contribution in [0, 0.1) is 0 Å². The Morgan fingerprint density at radius 2 is 2.18 bits per heavy atom. The van der Waals surface area contributed by atoms with Gasteiger partial charge in [-0.2, -0.15) is 0 Å². The molecule has 11 heavy (non-hydrogen) atoms. The van der Waals surface area contributed by atoms with Crippen LogP contribution in [0.4, 0.5) is 0 Å². The van der Waals surface area contributed by atoms with Crippen LogP contribution >= 0.6 is 0 Å². The van der Waals surface area contributed by atoms with E-state index >= 15 is 0 Å². The molecule has 3 heteroatoms. The molecule has 0 bridgehead atoms. The Balaban J connectivity index is 3.44. The first-order chi connectivity index (χ1) is 5.22. The number of carbonyl (C=O) groups is 1. The monoisotopic (exact) mass is 159 g/mol. The third kappa shape index (κ3) is 4.79. The summed E-state index contributed by atoms with van der Waals surface area (Å²) in [6.45, 7) is 2.11. The minimum absolute atomic E-state index is 0.360. The van der Waals surface area contributed by atoms with Crippen LogP contribution in [0.25, 0.3) is 0 Å². The lowest BCUT2D eigenvalue weighted by molar-refractivity contribution is -0.139. The number of hydrogen-bond donors (Lipinski definition) is 2. The fraction of sp³-hybridized carbons (Fsp3) is 0.875. The summed E-state index contributed by atoms with van der Waals surface area (Å²) < 4.78 is 0. The minimum atomic E-state index is -0.747. The standard InChI is InChI=1S/C8H17NO2/c1-3-4-5-6-7(9-2)8(10)11/h7,9H,3-6H2,1-2H3,(H,10,11)/t7-/m1/s1. The van der Waals surface area contributed by atoms with E-state index in [0.29, 0.717) is 0 Å². The van der Waals surface area contributed by atoms with Crippen molar-refractivity contribution in [1.29, 1.82) is 0 Å². The lowest BCUT2D eigenvalue weighted by Crippen LogP contribution is -2.33. The Kier molecular flexibility index (Phi) is 5.84. The zero-order valence-electron chi connectivity index (χ0n) is 7.26. The number of carboxylic acid groups (broad SMARTS) is 1. The maximum atomic E-state index is 10.5. The van der Waals surface area contributed by atoms with Crippen LogP contribution in [0.5, 0.6) is 0 Å². The number of carboxylic acids is 1. The second-order valence-corrected chi connectivity index (χ2v) is 2.68. The summed E-state index contributed by atoms with van der Waals surface area (Å²) in [4.78, 5) is 10.5. The van der Waals surface area contributed by atoms with Gasteiger partial charge in [-0.1, -0.05) is 26.2 Å². The predicted molar refractivity (Wildman–Crippen MR) is 44.6 cm³/mol. The first kappa shape index (κ1) is 10.4. The fourth-order valence-corrected chi connectivity index (χ4v) is 0.990. The van der Waals surface area contributed by atoms with E-state index in [1.165, 1.54) is 0 Å². The first-order valence-electron chi connectivity index (χ1n) is 4.12. The number of rotatable bonds is 6. The van der Waals surface area contributed by atoms with Crippen molar-refractivity contribution in [2.45, 2.75) is 38.6 Å². The first-order valence-corrected chi connectivity index (χ1v) is 4.12. The second-order valence-electron chi connectivity index (χ2n) is 2.68. The number of unbranched alkanes of at least 4 members (excludes halogenated alkanes) is 2. The van der Waals surface area contributed by atoms with Crippen molar-refractivity contribution in [3.05, 3.63) is 0 Å². The largest absolute Gasteiger partial charge is 0.480 e. The Hall–Kier alpha value is -0.570. The van der Waals surface area contributed by atoms with Gasteiger partial charge in [-0.15, -0.1) is 0 Å². The lowest BCUT2D eigenvalue weighted by Gasteiger charge is -2.09. The molecule has 0 fully saturated rings. The summed E-state index contributed by atoms with van der Waals surface area (Å²) in [5.41, 5.74) is 0. The SMILES string of the molecule is CCCCC[C@@H](NC)C(=O)O. The van der Waals surface area contributed by atoms with Crippen LogP contribution in [-0.2, 0) is 4.79 Å². The molecule has 0 unspecified atom stereocenters. The van der Waals surface area contributed by atoms with E-state index in [1.807, 2.05) is 0 Å².